The Kier molecular flexibility index (Phi) is 2.60. The molecule has 0 spiro atoms. The van der Waals surface area contributed by atoms with Gasteiger partial charge in [0.2, 0.25) is 11.8 Å². The van der Waals surface area contributed by atoms with Crippen molar-refractivity contribution in [2.24, 2.45) is 0 Å². The van der Waals surface area contributed by atoms with Crippen molar-refractivity contribution in [3.63, 3.8) is 0 Å². The average Bonchev–Trinajstić information content (AvgIpc) is 2.57. The van der Waals surface area contributed by atoms with E-state index < -0.39 is 0 Å². The summed E-state index contributed by atoms with van der Waals surface area (Å²) < 4.78 is 4.98. The van der Waals surface area contributed by atoms with Gasteiger partial charge in [0, 0.05) is 6.07 Å². The highest BCUT2D eigenvalue weighted by molar-refractivity contribution is 6.15. The number of amides is 1. The van der Waals surface area contributed by atoms with Crippen molar-refractivity contribution < 1.29 is 14.3 Å². The average molecular weight is 220 g/mol. The van der Waals surface area contributed by atoms with Crippen LogP contribution in [0.1, 0.15) is 12.1 Å². The van der Waals surface area contributed by atoms with Crippen LogP contribution in [0.2, 0.25) is 0 Å². The monoisotopic (exact) mass is 220 g/mol. The second-order valence-corrected chi connectivity index (χ2v) is 3.65. The van der Waals surface area contributed by atoms with Crippen molar-refractivity contribution in [2.75, 3.05) is 18.6 Å². The summed E-state index contributed by atoms with van der Waals surface area (Å²) in [5.41, 5.74) is 1.36. The van der Waals surface area contributed by atoms with E-state index in [0.29, 0.717) is 17.3 Å². The van der Waals surface area contributed by atoms with Crippen molar-refractivity contribution in [3.05, 3.63) is 17.8 Å². The lowest BCUT2D eigenvalue weighted by Gasteiger charge is -2.16. The zero-order valence-electron chi connectivity index (χ0n) is 9.19. The van der Waals surface area contributed by atoms with Crippen LogP contribution in [0, 0.1) is 6.92 Å². The van der Waals surface area contributed by atoms with Gasteiger partial charge >= 0.3 is 0 Å². The van der Waals surface area contributed by atoms with Gasteiger partial charge in [-0.15, -0.1) is 0 Å². The first-order valence-electron chi connectivity index (χ1n) is 4.95. The van der Waals surface area contributed by atoms with Crippen LogP contribution in [0.15, 0.2) is 12.1 Å². The van der Waals surface area contributed by atoms with E-state index in [-0.39, 0.29) is 24.7 Å². The fourth-order valence-corrected chi connectivity index (χ4v) is 1.73. The van der Waals surface area contributed by atoms with Gasteiger partial charge in [-0.2, -0.15) is 0 Å². The number of hydrogen-bond acceptors (Lipinski definition) is 4. The quantitative estimate of drug-likeness (QED) is 0.688. The third-order valence-electron chi connectivity index (χ3n) is 2.52. The molecule has 5 heteroatoms. The summed E-state index contributed by atoms with van der Waals surface area (Å²) in [6.45, 7) is 1.93. The molecule has 0 unspecified atom stereocenters. The Morgan fingerprint density at radius 3 is 2.62 bits per heavy atom. The number of nitrogens with zero attached hydrogens (tertiary/aromatic N) is 2. The van der Waals surface area contributed by atoms with Crippen LogP contribution in [-0.2, 0) is 9.59 Å². The molecule has 2 heterocycles. The molecule has 5 nitrogen and oxygen atoms in total. The Balaban J connectivity index is 2.34. The Bertz CT molecular complexity index is 457. The largest absolute Gasteiger partial charge is 0.481 e. The first-order valence-corrected chi connectivity index (χ1v) is 4.95. The molecule has 16 heavy (non-hydrogen) atoms. The van der Waals surface area contributed by atoms with E-state index in [1.165, 1.54) is 12.0 Å². The van der Waals surface area contributed by atoms with E-state index in [0.717, 1.165) is 0 Å². The number of pyridine rings is 1. The molecule has 2 rings (SSSR count). The number of hydrogen-bond donors (Lipinski definition) is 0. The summed E-state index contributed by atoms with van der Waals surface area (Å²) in [7, 11) is 1.53. The molecule has 0 saturated carbocycles. The number of carbonyl (C=O) groups excluding carboxylic acids is 2. The lowest BCUT2D eigenvalue weighted by molar-refractivity contribution is -0.121. The molecule has 1 aromatic rings. The standard InChI is InChI=1S/C11H12N2O3/c1-7-9(3-4-10(12-7)16-2)13-6-8(14)5-11(13)15/h3-4H,5-6H2,1-2H3. The molecule has 1 fully saturated rings. The van der Waals surface area contributed by atoms with Crippen LogP contribution in [0.25, 0.3) is 0 Å². The minimum Gasteiger partial charge on any atom is -0.481 e. The number of Topliss-reactive ketones (excluding diaryl/α,β-unsaturated/α-hetero) is 1. The molecule has 1 aromatic heterocycles. The van der Waals surface area contributed by atoms with Crippen LogP contribution in [0.3, 0.4) is 0 Å². The summed E-state index contributed by atoms with van der Waals surface area (Å²) in [6.07, 6.45) is -0.00846. The third kappa shape index (κ3) is 1.76. The number of ketones is 1. The van der Waals surface area contributed by atoms with Gasteiger partial charge in [0.25, 0.3) is 0 Å². The number of ether oxygens (including phenoxy) is 1. The van der Waals surface area contributed by atoms with Crippen molar-refractivity contribution >= 4 is 17.4 Å². The zero-order valence-corrected chi connectivity index (χ0v) is 9.19. The molecule has 0 bridgehead atoms. The SMILES string of the molecule is COc1ccc(N2CC(=O)CC2=O)c(C)n1. The predicted molar refractivity (Wildman–Crippen MR) is 57.5 cm³/mol. The van der Waals surface area contributed by atoms with Crippen molar-refractivity contribution in [2.45, 2.75) is 13.3 Å². The van der Waals surface area contributed by atoms with E-state index >= 15 is 0 Å². The van der Waals surface area contributed by atoms with E-state index in [9.17, 15) is 9.59 Å². The summed E-state index contributed by atoms with van der Waals surface area (Å²) in [4.78, 5) is 28.3. The molecule has 0 N–H and O–H groups in total. The highest BCUT2D eigenvalue weighted by atomic mass is 16.5. The Morgan fingerprint density at radius 2 is 2.12 bits per heavy atom. The molecule has 1 aliphatic heterocycles. The van der Waals surface area contributed by atoms with Crippen LogP contribution in [0.5, 0.6) is 5.88 Å². The van der Waals surface area contributed by atoms with Crippen molar-refractivity contribution in [3.8, 4) is 5.88 Å². The fourth-order valence-electron chi connectivity index (χ4n) is 1.73. The minimum atomic E-state index is -0.167. The highest BCUT2D eigenvalue weighted by Crippen LogP contribution is 2.24. The molecular formula is C11H12N2O3. The molecule has 0 atom stereocenters. The lowest BCUT2D eigenvalue weighted by Crippen LogP contribution is -2.25. The van der Waals surface area contributed by atoms with Crippen LogP contribution in [0.4, 0.5) is 5.69 Å². The molecule has 84 valence electrons. The molecule has 0 aliphatic carbocycles. The molecule has 1 amide bonds. The zero-order chi connectivity index (χ0) is 11.7. The fraction of sp³-hybridized carbons (Fsp3) is 0.364. The predicted octanol–water partition coefficient (Wildman–Crippen LogP) is 0.704. The maximum atomic E-state index is 11.5. The van der Waals surface area contributed by atoms with Gasteiger partial charge in [0.05, 0.1) is 31.5 Å². The van der Waals surface area contributed by atoms with Crippen molar-refractivity contribution in [1.29, 1.82) is 0 Å². The van der Waals surface area contributed by atoms with E-state index in [4.69, 9.17) is 4.74 Å². The molecule has 0 aromatic carbocycles. The third-order valence-corrected chi connectivity index (χ3v) is 2.52. The van der Waals surface area contributed by atoms with Gasteiger partial charge in [-0.05, 0) is 13.0 Å². The molecular weight excluding hydrogens is 208 g/mol. The second kappa shape index (κ2) is 3.92. The Hall–Kier alpha value is -1.91. The number of rotatable bonds is 2. The number of aromatic nitrogens is 1. The topological polar surface area (TPSA) is 59.5 Å². The van der Waals surface area contributed by atoms with Gasteiger partial charge in [0.15, 0.2) is 5.78 Å². The first kappa shape index (κ1) is 10.6. The van der Waals surface area contributed by atoms with Gasteiger partial charge in [-0.1, -0.05) is 0 Å². The van der Waals surface area contributed by atoms with E-state index in [1.54, 1.807) is 19.1 Å². The van der Waals surface area contributed by atoms with E-state index in [2.05, 4.69) is 4.98 Å². The Labute approximate surface area is 93.0 Å². The second-order valence-electron chi connectivity index (χ2n) is 3.65. The Morgan fingerprint density at radius 1 is 1.38 bits per heavy atom. The summed E-state index contributed by atoms with van der Waals surface area (Å²) >= 11 is 0. The van der Waals surface area contributed by atoms with Crippen molar-refractivity contribution in [1.82, 2.24) is 4.98 Å². The summed E-state index contributed by atoms with van der Waals surface area (Å²) in [5, 5.41) is 0. The maximum Gasteiger partial charge on any atom is 0.234 e. The minimum absolute atomic E-state index is 0.00846. The molecule has 0 radical (unpaired) electrons. The normalized spacial score (nSPS) is 15.8. The highest BCUT2D eigenvalue weighted by Gasteiger charge is 2.29. The maximum absolute atomic E-state index is 11.5. The van der Waals surface area contributed by atoms with Gasteiger partial charge < -0.3 is 9.64 Å². The lowest BCUT2D eigenvalue weighted by atomic mass is 10.3. The molecule has 1 aliphatic rings. The van der Waals surface area contributed by atoms with Crippen LogP contribution >= 0.6 is 0 Å². The molecule has 1 saturated heterocycles. The smallest absolute Gasteiger partial charge is 0.234 e. The van der Waals surface area contributed by atoms with Crippen LogP contribution in [-0.4, -0.2) is 30.3 Å². The number of carbonyl (C=O) groups is 2. The van der Waals surface area contributed by atoms with E-state index in [1.807, 2.05) is 0 Å². The van der Waals surface area contributed by atoms with Gasteiger partial charge in [-0.25, -0.2) is 4.98 Å². The van der Waals surface area contributed by atoms with Gasteiger partial charge in [-0.3, -0.25) is 9.59 Å². The van der Waals surface area contributed by atoms with Crippen LogP contribution < -0.4 is 9.64 Å². The number of anilines is 1. The number of aryl methyl sites for hydroxylation is 1. The summed E-state index contributed by atoms with van der Waals surface area (Å²) in [6, 6.07) is 3.43. The van der Waals surface area contributed by atoms with Gasteiger partial charge in [0.1, 0.15) is 0 Å². The number of methoxy groups -OCH3 is 1. The first-order chi connectivity index (χ1) is 7.61. The summed E-state index contributed by atoms with van der Waals surface area (Å²) in [5.74, 6) is 0.277.